The second-order valence-electron chi connectivity index (χ2n) is 20.6. The highest BCUT2D eigenvalue weighted by atomic mass is 16.3. The summed E-state index contributed by atoms with van der Waals surface area (Å²) in [6, 6.07) is 34.4. The number of furan rings is 1. The number of nitriles is 1. The van der Waals surface area contributed by atoms with Gasteiger partial charge in [-0.05, 0) is 175 Å². The zero-order chi connectivity index (χ0) is 38.0. The first kappa shape index (κ1) is 31.3. The molecule has 4 heterocycles. The van der Waals surface area contributed by atoms with Gasteiger partial charge in [-0.1, -0.05) is 54.6 Å². The molecule has 0 aliphatic heterocycles. The molecule has 0 saturated heterocycles. The molecule has 7 unspecified atom stereocenters. The van der Waals surface area contributed by atoms with E-state index in [0.29, 0.717) is 29.1 Å². The zero-order valence-corrected chi connectivity index (χ0v) is 33.1. The Kier molecular flexibility index (Phi) is 5.50. The van der Waals surface area contributed by atoms with E-state index in [0.717, 1.165) is 56.7 Å². The number of hydrogen-bond donors (Lipinski definition) is 0. The van der Waals surface area contributed by atoms with E-state index in [1.165, 1.54) is 130 Å². The van der Waals surface area contributed by atoms with Crippen molar-refractivity contribution < 1.29 is 4.42 Å². The van der Waals surface area contributed by atoms with Gasteiger partial charge in [0.15, 0.2) is 0 Å². The van der Waals surface area contributed by atoms with Crippen LogP contribution in [-0.4, -0.2) is 9.38 Å². The fraction of sp³-hybridized carbons (Fsp3) is 0.345. The Morgan fingerprint density at radius 3 is 2.15 bits per heavy atom. The molecular formula is C55H43N3O. The van der Waals surface area contributed by atoms with Crippen molar-refractivity contribution in [2.45, 2.75) is 87.9 Å². The van der Waals surface area contributed by atoms with Crippen molar-refractivity contribution in [3.05, 3.63) is 119 Å². The Balaban J connectivity index is 1.08. The van der Waals surface area contributed by atoms with Gasteiger partial charge in [0.25, 0.3) is 0 Å². The molecule has 1 spiro atoms. The van der Waals surface area contributed by atoms with Crippen LogP contribution in [0.5, 0.6) is 0 Å². The summed E-state index contributed by atoms with van der Waals surface area (Å²) in [5.41, 5.74) is 17.9. The molecular weight excluding hydrogens is 719 g/mol. The van der Waals surface area contributed by atoms with Gasteiger partial charge in [-0.25, -0.2) is 0 Å². The lowest BCUT2D eigenvalue weighted by atomic mass is 9.56. The number of fused-ring (bicyclic) bond motifs is 15. The predicted octanol–water partition coefficient (Wildman–Crippen LogP) is 14.1. The number of pyridine rings is 1. The highest BCUT2D eigenvalue weighted by Crippen LogP contribution is 2.77. The minimum Gasteiger partial charge on any atom is -0.455 e. The van der Waals surface area contributed by atoms with Gasteiger partial charge in [-0.3, -0.25) is 4.98 Å². The molecule has 17 rings (SSSR count). The van der Waals surface area contributed by atoms with Crippen LogP contribution in [0.15, 0.2) is 95.5 Å². The van der Waals surface area contributed by atoms with Gasteiger partial charge in [0.2, 0.25) is 0 Å². The molecule has 4 heteroatoms. The molecule has 0 radical (unpaired) electrons. The molecule has 4 nitrogen and oxygen atoms in total. The van der Waals surface area contributed by atoms with Crippen molar-refractivity contribution in [3.8, 4) is 28.3 Å². The Labute approximate surface area is 342 Å². The number of benzene rings is 5. The lowest BCUT2D eigenvalue weighted by Gasteiger charge is -2.48. The van der Waals surface area contributed by atoms with Crippen LogP contribution in [0.25, 0.3) is 82.3 Å². The van der Waals surface area contributed by atoms with Gasteiger partial charge in [0.1, 0.15) is 11.2 Å². The van der Waals surface area contributed by atoms with Crippen molar-refractivity contribution in [1.29, 1.82) is 5.26 Å². The molecule has 4 aromatic heterocycles. The van der Waals surface area contributed by atoms with Gasteiger partial charge in [0, 0.05) is 49.5 Å². The molecule has 5 fully saturated rings. The van der Waals surface area contributed by atoms with E-state index in [-0.39, 0.29) is 0 Å². The molecule has 7 bridgehead atoms. The lowest BCUT2D eigenvalue weighted by Crippen LogP contribution is -2.41. The third-order valence-electron chi connectivity index (χ3n) is 18.2. The summed E-state index contributed by atoms with van der Waals surface area (Å²) in [5, 5.41) is 19.0. The Hall–Kier alpha value is -5.66. The smallest absolute Gasteiger partial charge is 0.143 e. The monoisotopic (exact) mass is 761 g/mol. The number of hydrogen-bond acceptors (Lipinski definition) is 3. The summed E-state index contributed by atoms with van der Waals surface area (Å²) in [6.07, 6.45) is 15.5. The molecule has 0 amide bonds. The summed E-state index contributed by atoms with van der Waals surface area (Å²) in [7, 11) is 0. The minimum atomic E-state index is 0.504. The van der Waals surface area contributed by atoms with Crippen molar-refractivity contribution in [2.24, 2.45) is 29.1 Å². The predicted molar refractivity (Wildman–Crippen MR) is 235 cm³/mol. The molecule has 0 N–H and O–H groups in total. The first-order chi connectivity index (χ1) is 29.1. The first-order valence-corrected chi connectivity index (χ1v) is 22.7. The van der Waals surface area contributed by atoms with Crippen LogP contribution in [0.2, 0.25) is 0 Å². The van der Waals surface area contributed by atoms with E-state index in [1.54, 1.807) is 11.1 Å². The van der Waals surface area contributed by atoms with Crippen LogP contribution in [-0.2, 0) is 0 Å². The third-order valence-corrected chi connectivity index (χ3v) is 18.2. The third kappa shape index (κ3) is 3.62. The van der Waals surface area contributed by atoms with E-state index in [2.05, 4.69) is 102 Å². The molecule has 9 aromatic rings. The maximum Gasteiger partial charge on any atom is 0.143 e. The van der Waals surface area contributed by atoms with Crippen molar-refractivity contribution >= 4 is 60.0 Å². The van der Waals surface area contributed by atoms with Gasteiger partial charge in [-0.2, -0.15) is 5.26 Å². The lowest BCUT2D eigenvalue weighted by molar-refractivity contribution is 0.00322. The normalized spacial score (nSPS) is 30.8. The number of para-hydroxylation sites is 1. The van der Waals surface area contributed by atoms with Crippen LogP contribution in [0.1, 0.15) is 116 Å². The second kappa shape index (κ2) is 10.4. The molecule has 8 aliphatic rings. The van der Waals surface area contributed by atoms with E-state index < -0.39 is 0 Å². The maximum atomic E-state index is 11.1. The average molecular weight is 762 g/mol. The quantitative estimate of drug-likeness (QED) is 0.176. The summed E-state index contributed by atoms with van der Waals surface area (Å²) < 4.78 is 9.46. The van der Waals surface area contributed by atoms with Gasteiger partial charge in [0.05, 0.1) is 34.4 Å². The van der Waals surface area contributed by atoms with Gasteiger partial charge in [-0.15, -0.1) is 0 Å². The van der Waals surface area contributed by atoms with Gasteiger partial charge < -0.3 is 8.82 Å². The average Bonchev–Trinajstić information content (AvgIpc) is 4.00. The molecule has 8 aliphatic carbocycles. The number of rotatable bonds is 2. The molecule has 284 valence electrons. The highest BCUT2D eigenvalue weighted by molar-refractivity contribution is 6.26. The van der Waals surface area contributed by atoms with E-state index in [9.17, 15) is 5.26 Å². The number of nitrogens with zero attached hydrogens (tertiary/aromatic N) is 3. The number of aromatic nitrogens is 2. The van der Waals surface area contributed by atoms with Crippen LogP contribution in [0.3, 0.4) is 0 Å². The maximum absolute atomic E-state index is 11.1. The van der Waals surface area contributed by atoms with E-state index in [4.69, 9.17) is 9.40 Å². The van der Waals surface area contributed by atoms with Gasteiger partial charge >= 0.3 is 0 Å². The summed E-state index contributed by atoms with van der Waals surface area (Å²) in [5.74, 6) is 5.52. The molecule has 5 aromatic carbocycles. The first-order valence-electron chi connectivity index (χ1n) is 22.7. The van der Waals surface area contributed by atoms with Crippen LogP contribution >= 0.6 is 0 Å². The zero-order valence-electron chi connectivity index (χ0n) is 33.1. The Morgan fingerprint density at radius 2 is 1.36 bits per heavy atom. The molecule has 5 saturated carbocycles. The van der Waals surface area contributed by atoms with Crippen LogP contribution in [0.4, 0.5) is 0 Å². The largest absolute Gasteiger partial charge is 0.455 e. The Bertz CT molecular complexity index is 3420. The summed E-state index contributed by atoms with van der Waals surface area (Å²) in [4.78, 5) is 5.52. The fourth-order valence-electron chi connectivity index (χ4n) is 16.5. The van der Waals surface area contributed by atoms with E-state index >= 15 is 0 Å². The molecule has 7 atom stereocenters. The standard InChI is InChI=1S/C55H43N3O/c56-25-35-21-43-50(48-34-18-37-22-36-17-33(46(35)48)23-55(36,37)24-34)41-19-30(38-10-11-40-39-8-4-5-9-45(39)59-54(40)47(38)29-6-2-1-3-7-29)20-42-51-44(58(43)53(41)42)26-57-52-32-15-27-12-28(16-32)14-31(13-27)49(51)52/h1-11,19-21,26-28,31-34,36-37H,12-18,22-24H2. The molecule has 59 heavy (non-hydrogen) atoms. The van der Waals surface area contributed by atoms with E-state index in [1.807, 2.05) is 0 Å². The minimum absolute atomic E-state index is 0.504. The van der Waals surface area contributed by atoms with Crippen LogP contribution < -0.4 is 0 Å². The van der Waals surface area contributed by atoms with Crippen LogP contribution in [0, 0.1) is 40.4 Å². The topological polar surface area (TPSA) is 54.2 Å². The van der Waals surface area contributed by atoms with Crippen molar-refractivity contribution in [2.75, 3.05) is 0 Å². The summed E-state index contributed by atoms with van der Waals surface area (Å²) >= 11 is 0. The highest BCUT2D eigenvalue weighted by Gasteiger charge is 2.66. The second-order valence-corrected chi connectivity index (χ2v) is 20.6. The fourth-order valence-corrected chi connectivity index (χ4v) is 16.5. The Morgan fingerprint density at radius 1 is 0.627 bits per heavy atom. The van der Waals surface area contributed by atoms with Crippen molar-refractivity contribution in [3.63, 3.8) is 0 Å². The van der Waals surface area contributed by atoms with Crippen molar-refractivity contribution in [1.82, 2.24) is 9.38 Å². The SMILES string of the molecule is N#Cc1cc2c(c3c1C1CC4CC5CC3CC45C1)c1cc(-c3ccc4c(oc5ccccc54)c3-c3ccccc3)cc3c4c5c(ncc4n2c31)C1CC2CC(C1)CC5C2. The summed E-state index contributed by atoms with van der Waals surface area (Å²) in [6.45, 7) is 0.